The van der Waals surface area contributed by atoms with Gasteiger partial charge in [-0.05, 0) is 23.1 Å². The molecular weight excluding hydrogens is 374 g/mol. The van der Waals surface area contributed by atoms with Gasteiger partial charge in [-0.2, -0.15) is 5.06 Å². The van der Waals surface area contributed by atoms with Crippen LogP contribution in [0.5, 0.6) is 0 Å². The number of hydrogen-bond donors (Lipinski definition) is 2. The van der Waals surface area contributed by atoms with E-state index in [9.17, 15) is 4.79 Å². The van der Waals surface area contributed by atoms with Crippen molar-refractivity contribution in [2.24, 2.45) is 5.73 Å². The van der Waals surface area contributed by atoms with Crippen molar-refractivity contribution in [3.8, 4) is 0 Å². The molecule has 1 heterocycles. The molecule has 154 valence electrons. The summed E-state index contributed by atoms with van der Waals surface area (Å²) in [6, 6.07) is 29.4. The van der Waals surface area contributed by atoms with Crippen LogP contribution in [-0.2, 0) is 22.6 Å². The topological polar surface area (TPSA) is 67.6 Å². The molecule has 5 heteroatoms. The summed E-state index contributed by atoms with van der Waals surface area (Å²) in [7, 11) is 0. The maximum absolute atomic E-state index is 12.8. The number of carbonyl (C=O) groups is 1. The van der Waals surface area contributed by atoms with Crippen LogP contribution in [0, 0.1) is 0 Å². The van der Waals surface area contributed by atoms with E-state index >= 15 is 0 Å². The Bertz CT molecular complexity index is 934. The molecule has 1 saturated heterocycles. The summed E-state index contributed by atoms with van der Waals surface area (Å²) >= 11 is 0. The zero-order valence-electron chi connectivity index (χ0n) is 16.9. The van der Waals surface area contributed by atoms with E-state index in [0.29, 0.717) is 19.4 Å². The monoisotopic (exact) mass is 401 g/mol. The lowest BCUT2D eigenvalue weighted by atomic mass is 10.0. The zero-order chi connectivity index (χ0) is 20.8. The first-order chi connectivity index (χ1) is 14.7. The molecule has 0 spiro atoms. The minimum absolute atomic E-state index is 0.106. The highest BCUT2D eigenvalue weighted by Gasteiger charge is 2.36. The van der Waals surface area contributed by atoms with Gasteiger partial charge in [0.15, 0.2) is 0 Å². The maximum atomic E-state index is 12.8. The van der Waals surface area contributed by atoms with Crippen LogP contribution in [0.4, 0.5) is 0 Å². The van der Waals surface area contributed by atoms with Gasteiger partial charge in [-0.25, -0.2) is 0 Å². The normalized spacial score (nSPS) is 20.0. The molecule has 0 bridgehead atoms. The van der Waals surface area contributed by atoms with Crippen LogP contribution in [0.3, 0.4) is 0 Å². The second-order valence-corrected chi connectivity index (χ2v) is 7.62. The van der Waals surface area contributed by atoms with Gasteiger partial charge in [0.05, 0.1) is 12.6 Å². The SMILES string of the molecule is N[C@@H](Cc1ccccc1)C(=O)N[C@@H]1C[C@H](c2ccccc2)ON1Cc1ccccc1. The first-order valence-corrected chi connectivity index (χ1v) is 10.3. The first kappa shape index (κ1) is 20.3. The largest absolute Gasteiger partial charge is 0.337 e. The fourth-order valence-corrected chi connectivity index (χ4v) is 3.74. The lowest BCUT2D eigenvalue weighted by Crippen LogP contribution is -2.50. The zero-order valence-corrected chi connectivity index (χ0v) is 16.9. The Morgan fingerprint density at radius 2 is 1.50 bits per heavy atom. The molecule has 1 aliphatic rings. The van der Waals surface area contributed by atoms with Crippen LogP contribution in [0.15, 0.2) is 91.0 Å². The van der Waals surface area contributed by atoms with Gasteiger partial charge in [0, 0.05) is 6.42 Å². The molecule has 3 aromatic carbocycles. The summed E-state index contributed by atoms with van der Waals surface area (Å²) < 4.78 is 0. The van der Waals surface area contributed by atoms with Crippen molar-refractivity contribution in [2.75, 3.05) is 0 Å². The highest BCUT2D eigenvalue weighted by Crippen LogP contribution is 2.33. The van der Waals surface area contributed by atoms with Crippen molar-refractivity contribution in [1.82, 2.24) is 10.4 Å². The Hall–Kier alpha value is -2.99. The van der Waals surface area contributed by atoms with E-state index in [1.165, 1.54) is 0 Å². The number of amides is 1. The third kappa shape index (κ3) is 5.13. The van der Waals surface area contributed by atoms with E-state index in [-0.39, 0.29) is 18.2 Å². The average molecular weight is 402 g/mol. The Balaban J connectivity index is 1.45. The van der Waals surface area contributed by atoms with Crippen molar-refractivity contribution in [2.45, 2.75) is 37.7 Å². The molecule has 1 amide bonds. The van der Waals surface area contributed by atoms with Gasteiger partial charge in [-0.1, -0.05) is 91.0 Å². The molecule has 30 heavy (non-hydrogen) atoms. The van der Waals surface area contributed by atoms with Crippen molar-refractivity contribution < 1.29 is 9.63 Å². The highest BCUT2D eigenvalue weighted by atomic mass is 16.7. The third-order valence-corrected chi connectivity index (χ3v) is 5.34. The molecule has 0 aliphatic carbocycles. The van der Waals surface area contributed by atoms with Gasteiger partial charge in [0.1, 0.15) is 12.3 Å². The molecule has 0 unspecified atom stereocenters. The van der Waals surface area contributed by atoms with E-state index in [1.807, 2.05) is 71.8 Å². The summed E-state index contributed by atoms with van der Waals surface area (Å²) in [6.07, 6.45) is 0.817. The number of hydroxylamine groups is 2. The predicted molar refractivity (Wildman–Crippen MR) is 117 cm³/mol. The molecule has 0 aromatic heterocycles. The number of carbonyl (C=O) groups excluding carboxylic acids is 1. The van der Waals surface area contributed by atoms with E-state index in [1.54, 1.807) is 0 Å². The van der Waals surface area contributed by atoms with Crippen molar-refractivity contribution in [3.05, 3.63) is 108 Å². The summed E-state index contributed by atoms with van der Waals surface area (Å²) in [5.41, 5.74) is 9.47. The van der Waals surface area contributed by atoms with Crippen LogP contribution in [0.25, 0.3) is 0 Å². The van der Waals surface area contributed by atoms with Crippen molar-refractivity contribution in [1.29, 1.82) is 0 Å². The quantitative estimate of drug-likeness (QED) is 0.635. The number of nitrogens with two attached hydrogens (primary N) is 1. The summed E-state index contributed by atoms with van der Waals surface area (Å²) in [5.74, 6) is -0.167. The molecule has 1 fully saturated rings. The van der Waals surface area contributed by atoms with Crippen molar-refractivity contribution in [3.63, 3.8) is 0 Å². The van der Waals surface area contributed by atoms with E-state index in [0.717, 1.165) is 16.7 Å². The smallest absolute Gasteiger partial charge is 0.238 e. The summed E-state index contributed by atoms with van der Waals surface area (Å²) in [4.78, 5) is 19.1. The Kier molecular flexibility index (Phi) is 6.54. The Morgan fingerprint density at radius 1 is 0.933 bits per heavy atom. The Morgan fingerprint density at radius 3 is 2.13 bits per heavy atom. The minimum atomic E-state index is -0.609. The minimum Gasteiger partial charge on any atom is -0.337 e. The first-order valence-electron chi connectivity index (χ1n) is 10.3. The highest BCUT2D eigenvalue weighted by molar-refractivity contribution is 5.82. The molecule has 5 nitrogen and oxygen atoms in total. The maximum Gasteiger partial charge on any atom is 0.238 e. The van der Waals surface area contributed by atoms with Gasteiger partial charge < -0.3 is 11.1 Å². The molecule has 4 rings (SSSR count). The summed E-state index contributed by atoms with van der Waals surface area (Å²) in [6.45, 7) is 0.586. The Labute approximate surface area is 177 Å². The molecule has 1 aliphatic heterocycles. The lowest BCUT2D eigenvalue weighted by Gasteiger charge is -2.25. The van der Waals surface area contributed by atoms with Gasteiger partial charge in [0.25, 0.3) is 0 Å². The predicted octanol–water partition coefficient (Wildman–Crippen LogP) is 3.58. The van der Waals surface area contributed by atoms with Crippen LogP contribution in [-0.4, -0.2) is 23.2 Å². The van der Waals surface area contributed by atoms with Gasteiger partial charge in [-0.3, -0.25) is 9.63 Å². The third-order valence-electron chi connectivity index (χ3n) is 5.34. The fraction of sp³-hybridized carbons (Fsp3) is 0.240. The molecular formula is C25H27N3O2. The van der Waals surface area contributed by atoms with E-state index in [2.05, 4.69) is 29.6 Å². The number of benzene rings is 3. The lowest BCUT2D eigenvalue weighted by molar-refractivity contribution is -0.177. The number of nitrogens with one attached hydrogen (secondary N) is 1. The number of hydrogen-bond acceptors (Lipinski definition) is 4. The van der Waals surface area contributed by atoms with Gasteiger partial charge >= 0.3 is 0 Å². The van der Waals surface area contributed by atoms with E-state index < -0.39 is 6.04 Å². The molecule has 0 radical (unpaired) electrons. The number of rotatable bonds is 7. The van der Waals surface area contributed by atoms with Crippen molar-refractivity contribution >= 4 is 5.91 Å². The van der Waals surface area contributed by atoms with Gasteiger partial charge in [0.2, 0.25) is 5.91 Å². The standard InChI is InChI=1S/C25H27N3O2/c26-22(16-19-10-4-1-5-11-19)25(29)27-24-17-23(21-14-8-3-9-15-21)30-28(24)18-20-12-6-2-7-13-20/h1-15,22-24H,16-18,26H2,(H,27,29)/t22-,23+,24-/m0/s1. The molecule has 0 saturated carbocycles. The van der Waals surface area contributed by atoms with E-state index in [4.69, 9.17) is 10.6 Å². The molecule has 3 aromatic rings. The second kappa shape index (κ2) is 9.67. The fourth-order valence-electron chi connectivity index (χ4n) is 3.74. The van der Waals surface area contributed by atoms with Gasteiger partial charge in [-0.15, -0.1) is 0 Å². The molecule has 3 atom stereocenters. The summed E-state index contributed by atoms with van der Waals surface area (Å²) in [5, 5.41) is 4.97. The van der Waals surface area contributed by atoms with Crippen LogP contribution >= 0.6 is 0 Å². The molecule has 3 N–H and O–H groups in total. The van der Waals surface area contributed by atoms with Crippen LogP contribution in [0.1, 0.15) is 29.2 Å². The second-order valence-electron chi connectivity index (χ2n) is 7.62. The number of nitrogens with zero attached hydrogens (tertiary/aromatic N) is 1. The van der Waals surface area contributed by atoms with Crippen LogP contribution < -0.4 is 11.1 Å². The van der Waals surface area contributed by atoms with Crippen LogP contribution in [0.2, 0.25) is 0 Å². The average Bonchev–Trinajstić information content (AvgIpc) is 3.18.